The Balaban J connectivity index is 2.09. The number of carbonyl (C=O) groups excluding carboxylic acids is 4. The number of urea groups is 1. The predicted molar refractivity (Wildman–Crippen MR) is 106 cm³/mol. The monoisotopic (exact) mass is 417 g/mol. The molecule has 0 saturated carbocycles. The number of ether oxygens (including phenoxy) is 1. The first-order valence-electron chi connectivity index (χ1n) is 8.66. The van der Waals surface area contributed by atoms with E-state index < -0.39 is 36.0 Å². The molecule has 2 atom stereocenters. The molecule has 0 unspecified atom stereocenters. The van der Waals surface area contributed by atoms with E-state index in [0.29, 0.717) is 16.1 Å². The van der Waals surface area contributed by atoms with Crippen molar-refractivity contribution in [2.75, 3.05) is 7.05 Å². The van der Waals surface area contributed by atoms with Gasteiger partial charge in [-0.15, -0.1) is 0 Å². The number of halogens is 1. The van der Waals surface area contributed by atoms with Gasteiger partial charge in [0, 0.05) is 23.2 Å². The van der Waals surface area contributed by atoms with Crippen LogP contribution >= 0.6 is 11.6 Å². The zero-order valence-corrected chi connectivity index (χ0v) is 16.5. The van der Waals surface area contributed by atoms with E-state index in [1.54, 1.807) is 42.5 Å². The molecule has 2 aromatic rings. The van der Waals surface area contributed by atoms with Gasteiger partial charge in [-0.2, -0.15) is 0 Å². The van der Waals surface area contributed by atoms with Gasteiger partial charge in [-0.1, -0.05) is 41.9 Å². The fourth-order valence-electron chi connectivity index (χ4n) is 2.30. The highest BCUT2D eigenvalue weighted by molar-refractivity contribution is 6.30. The zero-order chi connectivity index (χ0) is 21.4. The Hall–Kier alpha value is -3.39. The van der Waals surface area contributed by atoms with Crippen LogP contribution in [-0.4, -0.2) is 36.9 Å². The molecule has 0 heterocycles. The molecule has 0 aliphatic rings. The molecule has 0 radical (unpaired) electrons. The molecule has 0 spiro atoms. The van der Waals surface area contributed by atoms with Gasteiger partial charge in [0.25, 0.3) is 11.8 Å². The Bertz CT molecular complexity index is 887. The van der Waals surface area contributed by atoms with Crippen molar-refractivity contribution in [1.82, 2.24) is 16.0 Å². The molecule has 9 heteroatoms. The molecular weight excluding hydrogens is 398 g/mol. The summed E-state index contributed by atoms with van der Waals surface area (Å²) in [5, 5.41) is 7.30. The Morgan fingerprint density at radius 1 is 0.966 bits per heavy atom. The third kappa shape index (κ3) is 6.32. The summed E-state index contributed by atoms with van der Waals surface area (Å²) in [6.07, 6.45) is -1.36. The Morgan fingerprint density at radius 3 is 2.17 bits per heavy atom. The average molecular weight is 418 g/mol. The van der Waals surface area contributed by atoms with Crippen LogP contribution in [0.4, 0.5) is 4.79 Å². The van der Waals surface area contributed by atoms with Gasteiger partial charge in [0.05, 0.1) is 0 Å². The van der Waals surface area contributed by atoms with Gasteiger partial charge < -0.3 is 15.4 Å². The lowest BCUT2D eigenvalue weighted by Crippen LogP contribution is -2.44. The van der Waals surface area contributed by atoms with Crippen molar-refractivity contribution >= 4 is 35.4 Å². The number of hydrogen-bond donors (Lipinski definition) is 3. The molecule has 29 heavy (non-hydrogen) atoms. The molecule has 0 fully saturated rings. The third-order valence-electron chi connectivity index (χ3n) is 3.85. The van der Waals surface area contributed by atoms with Crippen molar-refractivity contribution in [2.24, 2.45) is 0 Å². The van der Waals surface area contributed by atoms with E-state index in [-0.39, 0.29) is 0 Å². The summed E-state index contributed by atoms with van der Waals surface area (Å²) >= 11 is 5.79. The van der Waals surface area contributed by atoms with Gasteiger partial charge >= 0.3 is 12.0 Å². The van der Waals surface area contributed by atoms with Gasteiger partial charge in [0.15, 0.2) is 0 Å². The van der Waals surface area contributed by atoms with E-state index in [1.807, 2.05) is 0 Å². The number of benzene rings is 2. The number of imide groups is 1. The van der Waals surface area contributed by atoms with E-state index in [9.17, 15) is 19.2 Å². The fraction of sp³-hybridized carbons (Fsp3) is 0.200. The second kappa shape index (κ2) is 10.2. The van der Waals surface area contributed by atoms with E-state index in [2.05, 4.69) is 16.0 Å². The summed E-state index contributed by atoms with van der Waals surface area (Å²) in [5.74, 6) is -2.16. The quantitative estimate of drug-likeness (QED) is 0.623. The molecule has 0 saturated heterocycles. The van der Waals surface area contributed by atoms with Crippen LogP contribution in [0.5, 0.6) is 0 Å². The molecule has 0 aliphatic heterocycles. The maximum Gasteiger partial charge on any atom is 0.329 e. The largest absolute Gasteiger partial charge is 0.446 e. The van der Waals surface area contributed by atoms with Gasteiger partial charge in [-0.3, -0.25) is 14.9 Å². The van der Waals surface area contributed by atoms with Gasteiger partial charge in [-0.25, -0.2) is 9.59 Å². The van der Waals surface area contributed by atoms with E-state index in [4.69, 9.17) is 16.3 Å². The highest BCUT2D eigenvalue weighted by Gasteiger charge is 2.29. The minimum absolute atomic E-state index is 0.311. The average Bonchev–Trinajstić information content (AvgIpc) is 2.72. The molecule has 152 valence electrons. The molecule has 2 rings (SSSR count). The lowest BCUT2D eigenvalue weighted by Gasteiger charge is -2.20. The minimum atomic E-state index is -1.36. The molecule has 0 aliphatic carbocycles. The van der Waals surface area contributed by atoms with Gasteiger partial charge in [-0.05, 0) is 31.2 Å². The Morgan fingerprint density at radius 2 is 1.59 bits per heavy atom. The molecule has 0 aromatic heterocycles. The number of nitrogens with one attached hydrogen (secondary N) is 3. The summed E-state index contributed by atoms with van der Waals surface area (Å²) in [6.45, 7) is 1.43. The number of rotatable bonds is 6. The van der Waals surface area contributed by atoms with Crippen molar-refractivity contribution in [1.29, 1.82) is 0 Å². The number of hydrogen-bond acceptors (Lipinski definition) is 5. The second-order valence-electron chi connectivity index (χ2n) is 6.00. The molecule has 3 N–H and O–H groups in total. The summed E-state index contributed by atoms with van der Waals surface area (Å²) in [4.78, 5) is 48.6. The fourth-order valence-corrected chi connectivity index (χ4v) is 2.43. The first kappa shape index (κ1) is 21.9. The predicted octanol–water partition coefficient (Wildman–Crippen LogP) is 2.20. The first-order chi connectivity index (χ1) is 13.8. The SMILES string of the molecule is CNC(=O)NC(=O)[C@@H](OC(=O)[C@H](C)NC(=O)c1ccc(Cl)cc1)c1ccccc1. The normalized spacial score (nSPS) is 12.2. The van der Waals surface area contributed by atoms with E-state index >= 15 is 0 Å². The Kier molecular flexibility index (Phi) is 7.73. The standard InChI is InChI=1S/C20H20ClN3O5/c1-12(23-17(25)14-8-10-15(21)11-9-14)19(27)29-16(13-6-4-3-5-7-13)18(26)24-20(28)22-2/h3-12,16H,1-2H3,(H,23,25)(H2,22,24,26,28)/t12-,16-/m0/s1. The second-order valence-corrected chi connectivity index (χ2v) is 6.43. The van der Waals surface area contributed by atoms with Gasteiger partial charge in [0.2, 0.25) is 6.10 Å². The van der Waals surface area contributed by atoms with Crippen LogP contribution in [0.15, 0.2) is 54.6 Å². The summed E-state index contributed by atoms with van der Waals surface area (Å²) in [6, 6.07) is 12.6. The smallest absolute Gasteiger partial charge is 0.329 e. The van der Waals surface area contributed by atoms with Crippen LogP contribution in [-0.2, 0) is 14.3 Å². The molecule has 8 nitrogen and oxygen atoms in total. The van der Waals surface area contributed by atoms with Crippen LogP contribution in [0.25, 0.3) is 0 Å². The van der Waals surface area contributed by atoms with Crippen molar-refractivity contribution in [3.05, 3.63) is 70.7 Å². The summed E-state index contributed by atoms with van der Waals surface area (Å²) < 4.78 is 5.29. The topological polar surface area (TPSA) is 114 Å². The first-order valence-corrected chi connectivity index (χ1v) is 9.04. The maximum absolute atomic E-state index is 12.5. The number of carbonyl (C=O) groups is 4. The van der Waals surface area contributed by atoms with Crippen LogP contribution in [0.3, 0.4) is 0 Å². The van der Waals surface area contributed by atoms with Crippen LogP contribution in [0.2, 0.25) is 5.02 Å². The lowest BCUT2D eigenvalue weighted by molar-refractivity contribution is -0.157. The number of amides is 4. The summed E-state index contributed by atoms with van der Waals surface area (Å²) in [7, 11) is 1.35. The van der Waals surface area contributed by atoms with E-state index in [1.165, 1.54) is 26.1 Å². The van der Waals surface area contributed by atoms with E-state index in [0.717, 1.165) is 0 Å². The van der Waals surface area contributed by atoms with Crippen molar-refractivity contribution < 1.29 is 23.9 Å². The summed E-state index contributed by atoms with van der Waals surface area (Å²) in [5.41, 5.74) is 0.685. The highest BCUT2D eigenvalue weighted by Crippen LogP contribution is 2.18. The van der Waals surface area contributed by atoms with Crippen molar-refractivity contribution in [2.45, 2.75) is 19.1 Å². The van der Waals surface area contributed by atoms with Crippen molar-refractivity contribution in [3.8, 4) is 0 Å². The molecular formula is C20H20ClN3O5. The van der Waals surface area contributed by atoms with Crippen LogP contribution < -0.4 is 16.0 Å². The molecule has 4 amide bonds. The molecule has 0 bridgehead atoms. The number of esters is 1. The van der Waals surface area contributed by atoms with Crippen molar-refractivity contribution in [3.63, 3.8) is 0 Å². The lowest BCUT2D eigenvalue weighted by atomic mass is 10.1. The zero-order valence-electron chi connectivity index (χ0n) is 15.8. The van der Waals surface area contributed by atoms with Crippen LogP contribution in [0, 0.1) is 0 Å². The highest BCUT2D eigenvalue weighted by atomic mass is 35.5. The Labute approximate surface area is 172 Å². The van der Waals surface area contributed by atoms with Gasteiger partial charge in [0.1, 0.15) is 6.04 Å². The molecule has 2 aromatic carbocycles. The maximum atomic E-state index is 12.5. The van der Waals surface area contributed by atoms with Crippen LogP contribution in [0.1, 0.15) is 28.9 Å². The minimum Gasteiger partial charge on any atom is -0.446 e. The third-order valence-corrected chi connectivity index (χ3v) is 4.10.